The number of hydrogen-bond acceptors (Lipinski definition) is 3. The van der Waals surface area contributed by atoms with E-state index in [-0.39, 0.29) is 5.91 Å². The van der Waals surface area contributed by atoms with Gasteiger partial charge in [-0.2, -0.15) is 0 Å². The number of H-pyrrole nitrogens is 1. The van der Waals surface area contributed by atoms with Crippen LogP contribution in [0.3, 0.4) is 0 Å². The molecule has 4 aromatic rings. The van der Waals surface area contributed by atoms with Crippen molar-refractivity contribution in [2.75, 3.05) is 26.7 Å². The second-order valence-corrected chi connectivity index (χ2v) is 10.1. The number of amides is 1. The third-order valence-electron chi connectivity index (χ3n) is 7.28. The number of likely N-dealkylation sites (N-methyl/N-ethyl adjacent to an activating group) is 1. The summed E-state index contributed by atoms with van der Waals surface area (Å²) in [5, 5.41) is 4.29. The van der Waals surface area contributed by atoms with Gasteiger partial charge in [0.05, 0.1) is 17.9 Å². The number of aromatic nitrogens is 3. The Morgan fingerprint density at radius 1 is 1.18 bits per heavy atom. The second kappa shape index (κ2) is 8.91. The van der Waals surface area contributed by atoms with E-state index in [4.69, 9.17) is 0 Å². The first kappa shape index (κ1) is 22.7. The number of benzene rings is 1. The van der Waals surface area contributed by atoms with Gasteiger partial charge in [-0.15, -0.1) is 0 Å². The van der Waals surface area contributed by atoms with Crippen LogP contribution in [0.2, 0.25) is 0 Å². The Kier molecular flexibility index (Phi) is 5.94. The molecule has 3 aromatic heterocycles. The Morgan fingerprint density at radius 3 is 2.65 bits per heavy atom. The van der Waals surface area contributed by atoms with Gasteiger partial charge in [-0.25, -0.2) is 4.98 Å². The summed E-state index contributed by atoms with van der Waals surface area (Å²) in [5.74, 6) is 1.09. The van der Waals surface area contributed by atoms with E-state index in [1.807, 2.05) is 18.9 Å². The Balaban J connectivity index is 1.51. The third-order valence-corrected chi connectivity index (χ3v) is 7.28. The van der Waals surface area contributed by atoms with Gasteiger partial charge in [-0.05, 0) is 80.5 Å². The predicted octanol–water partition coefficient (Wildman–Crippen LogP) is 5.15. The largest absolute Gasteiger partial charge is 0.354 e. The molecule has 5 rings (SSSR count). The van der Waals surface area contributed by atoms with Crippen molar-refractivity contribution in [3.8, 4) is 11.3 Å². The molecule has 1 aliphatic rings. The van der Waals surface area contributed by atoms with Gasteiger partial charge in [0.25, 0.3) is 0 Å². The van der Waals surface area contributed by atoms with E-state index in [0.29, 0.717) is 18.4 Å². The number of fused-ring (bicyclic) bond motifs is 2. The van der Waals surface area contributed by atoms with Crippen molar-refractivity contribution in [3.05, 3.63) is 59.0 Å². The molecule has 1 aliphatic heterocycles. The minimum atomic E-state index is 0.203. The number of likely N-dealkylation sites (tertiary alicyclic amines) is 1. The summed E-state index contributed by atoms with van der Waals surface area (Å²) in [6.07, 6.45) is 6.33. The second-order valence-electron chi connectivity index (χ2n) is 10.1. The molecule has 4 heterocycles. The molecule has 0 spiro atoms. The molecular formula is C28H35N5O. The summed E-state index contributed by atoms with van der Waals surface area (Å²) in [7, 11) is 1.83. The number of nitrogens with zero attached hydrogens (tertiary/aromatic N) is 3. The van der Waals surface area contributed by atoms with Gasteiger partial charge < -0.3 is 19.6 Å². The summed E-state index contributed by atoms with van der Waals surface area (Å²) in [4.78, 5) is 22.6. The molecule has 0 bridgehead atoms. The first-order chi connectivity index (χ1) is 16.4. The quantitative estimate of drug-likeness (QED) is 0.436. The maximum absolute atomic E-state index is 12.2. The number of aryl methyl sites for hydroxylation is 2. The van der Waals surface area contributed by atoms with Gasteiger partial charge in [-0.3, -0.25) is 4.79 Å². The van der Waals surface area contributed by atoms with Gasteiger partial charge in [0.2, 0.25) is 5.91 Å². The van der Waals surface area contributed by atoms with E-state index in [9.17, 15) is 4.79 Å². The van der Waals surface area contributed by atoms with Crippen LogP contribution >= 0.6 is 0 Å². The van der Waals surface area contributed by atoms with Gasteiger partial charge in [0, 0.05) is 41.9 Å². The van der Waals surface area contributed by atoms with Gasteiger partial charge >= 0.3 is 0 Å². The van der Waals surface area contributed by atoms with E-state index in [0.717, 1.165) is 37.3 Å². The Morgan fingerprint density at radius 2 is 1.94 bits per heavy atom. The third kappa shape index (κ3) is 4.00. The van der Waals surface area contributed by atoms with Crippen molar-refractivity contribution in [1.29, 1.82) is 0 Å². The summed E-state index contributed by atoms with van der Waals surface area (Å²) in [5.41, 5.74) is 9.62. The lowest BCUT2D eigenvalue weighted by Gasteiger charge is -2.32. The van der Waals surface area contributed by atoms with Gasteiger partial charge in [0.15, 0.2) is 0 Å². The highest BCUT2D eigenvalue weighted by Gasteiger charge is 2.25. The first-order valence-corrected chi connectivity index (χ1v) is 12.4. The number of pyridine rings is 1. The number of piperidine rings is 1. The fraction of sp³-hybridized carbons (Fsp3) is 0.429. The van der Waals surface area contributed by atoms with Crippen LogP contribution in [-0.2, 0) is 4.79 Å². The maximum atomic E-state index is 12.2. The van der Waals surface area contributed by atoms with Crippen molar-refractivity contribution >= 4 is 22.5 Å². The molecule has 0 atom stereocenters. The molecule has 0 radical (unpaired) electrons. The van der Waals surface area contributed by atoms with Crippen molar-refractivity contribution in [2.24, 2.45) is 0 Å². The normalized spacial score (nSPS) is 15.2. The average Bonchev–Trinajstić information content (AvgIpc) is 3.37. The van der Waals surface area contributed by atoms with Crippen molar-refractivity contribution in [3.63, 3.8) is 0 Å². The number of carbonyl (C=O) groups is 1. The fourth-order valence-corrected chi connectivity index (χ4v) is 5.54. The van der Waals surface area contributed by atoms with E-state index in [1.165, 1.54) is 38.9 Å². The van der Waals surface area contributed by atoms with Gasteiger partial charge in [0.1, 0.15) is 5.65 Å². The van der Waals surface area contributed by atoms with Crippen LogP contribution in [0.15, 0.2) is 36.7 Å². The highest BCUT2D eigenvalue weighted by Crippen LogP contribution is 2.39. The molecule has 1 saturated heterocycles. The van der Waals surface area contributed by atoms with E-state index < -0.39 is 0 Å². The molecule has 1 fully saturated rings. The monoisotopic (exact) mass is 457 g/mol. The average molecular weight is 458 g/mol. The lowest BCUT2D eigenvalue weighted by Crippen LogP contribution is -2.41. The van der Waals surface area contributed by atoms with E-state index >= 15 is 0 Å². The summed E-state index contributed by atoms with van der Waals surface area (Å²) < 4.78 is 2.13. The number of imidazole rings is 1. The highest BCUT2D eigenvalue weighted by molar-refractivity contribution is 5.92. The first-order valence-electron chi connectivity index (χ1n) is 12.4. The van der Waals surface area contributed by atoms with Crippen LogP contribution in [0.25, 0.3) is 27.8 Å². The van der Waals surface area contributed by atoms with Crippen LogP contribution in [0, 0.1) is 13.8 Å². The number of carbonyl (C=O) groups excluding carboxylic acids is 1. The zero-order valence-corrected chi connectivity index (χ0v) is 20.9. The van der Waals surface area contributed by atoms with Crippen LogP contribution in [0.1, 0.15) is 60.9 Å². The molecule has 178 valence electrons. The molecule has 6 heteroatoms. The lowest BCUT2D eigenvalue weighted by molar-refractivity contribution is -0.131. The molecule has 0 saturated carbocycles. The van der Waals surface area contributed by atoms with Gasteiger partial charge in [-0.1, -0.05) is 19.9 Å². The van der Waals surface area contributed by atoms with E-state index in [2.05, 4.69) is 77.1 Å². The highest BCUT2D eigenvalue weighted by atomic mass is 16.2. The maximum Gasteiger partial charge on any atom is 0.236 e. The number of rotatable bonds is 5. The van der Waals surface area contributed by atoms with E-state index in [1.54, 1.807) is 0 Å². The minimum Gasteiger partial charge on any atom is -0.354 e. The van der Waals surface area contributed by atoms with Crippen molar-refractivity contribution in [2.45, 2.75) is 52.4 Å². The van der Waals surface area contributed by atoms with Crippen molar-refractivity contribution in [1.82, 2.24) is 24.6 Å². The molecule has 0 unspecified atom stereocenters. The lowest BCUT2D eigenvalue weighted by atomic mass is 9.87. The molecule has 0 aliphatic carbocycles. The Hall–Kier alpha value is -3.12. The number of nitrogens with one attached hydrogen (secondary N) is 2. The van der Waals surface area contributed by atoms with Crippen LogP contribution in [-0.4, -0.2) is 51.9 Å². The smallest absolute Gasteiger partial charge is 0.236 e. The SMILES string of the molecule is CNCC(=O)N1CCC(c2ccc3[nH]c(-c4cn5cc(C)nc5cc4C)c(C(C)C)c3c2)CC1. The fourth-order valence-electron chi connectivity index (χ4n) is 5.54. The van der Waals surface area contributed by atoms with Crippen LogP contribution in [0.4, 0.5) is 0 Å². The molecule has 1 aromatic carbocycles. The number of aromatic amines is 1. The standard InChI is InChI=1S/C28H35N5O/c1-17(2)27-22-13-21(20-8-10-32(11-9-20)26(34)14-29-5)6-7-24(22)31-28(27)23-16-33-15-19(4)30-25(33)12-18(23)3/h6-7,12-13,15-17,20,29,31H,8-11,14H2,1-5H3. The molecular weight excluding hydrogens is 422 g/mol. The summed E-state index contributed by atoms with van der Waals surface area (Å²) >= 11 is 0. The summed E-state index contributed by atoms with van der Waals surface area (Å²) in [6, 6.07) is 9.09. The van der Waals surface area contributed by atoms with Crippen LogP contribution in [0.5, 0.6) is 0 Å². The predicted molar refractivity (Wildman–Crippen MR) is 139 cm³/mol. The molecule has 34 heavy (non-hydrogen) atoms. The van der Waals surface area contributed by atoms with Crippen molar-refractivity contribution < 1.29 is 4.79 Å². The Labute approximate surface area is 201 Å². The zero-order chi connectivity index (χ0) is 24.0. The molecule has 6 nitrogen and oxygen atoms in total. The molecule has 2 N–H and O–H groups in total. The Bertz CT molecular complexity index is 1350. The minimum absolute atomic E-state index is 0.203. The molecule has 1 amide bonds. The number of hydrogen-bond donors (Lipinski definition) is 2. The topological polar surface area (TPSA) is 65.4 Å². The summed E-state index contributed by atoms with van der Waals surface area (Å²) in [6.45, 7) is 10.9. The zero-order valence-electron chi connectivity index (χ0n) is 20.9. The van der Waals surface area contributed by atoms with Crippen LogP contribution < -0.4 is 5.32 Å².